The highest BCUT2D eigenvalue weighted by Gasteiger charge is 2.41. The molecule has 4 rings (SSSR count). The fourth-order valence-electron chi connectivity index (χ4n) is 3.81. The number of amides is 2. The van der Waals surface area contributed by atoms with Crippen LogP contribution in [-0.2, 0) is 21.2 Å². The van der Waals surface area contributed by atoms with Crippen molar-refractivity contribution in [3.8, 4) is 11.1 Å². The number of pyridine rings is 1. The van der Waals surface area contributed by atoms with Crippen LogP contribution in [0.2, 0.25) is 0 Å². The Morgan fingerprint density at radius 1 is 0.974 bits per heavy atom. The van der Waals surface area contributed by atoms with Crippen LogP contribution in [0.5, 0.6) is 0 Å². The van der Waals surface area contributed by atoms with Crippen molar-refractivity contribution in [1.29, 1.82) is 0 Å². The topological polar surface area (TPSA) is 137 Å². The van der Waals surface area contributed by atoms with E-state index in [0.29, 0.717) is 16.9 Å². The lowest BCUT2D eigenvalue weighted by Gasteiger charge is -2.26. The number of nitrogens with one attached hydrogen (secondary N) is 3. The summed E-state index contributed by atoms with van der Waals surface area (Å²) in [6, 6.07) is 15.9. The third-order valence-corrected chi connectivity index (χ3v) is 8.50. The van der Waals surface area contributed by atoms with Crippen molar-refractivity contribution >= 4 is 45.0 Å². The van der Waals surface area contributed by atoms with E-state index in [1.165, 1.54) is 12.2 Å². The Kier molecular flexibility index (Phi) is 8.26. The van der Waals surface area contributed by atoms with Crippen molar-refractivity contribution in [3.05, 3.63) is 103 Å². The molecule has 1 aromatic heterocycles. The second kappa shape index (κ2) is 11.6. The number of carbonyl (C=O) groups is 2. The minimum atomic E-state index is -4.18. The van der Waals surface area contributed by atoms with Crippen LogP contribution in [-0.4, -0.2) is 40.8 Å². The number of sulfonamides is 1. The molecule has 1 aliphatic rings. The molecule has 196 valence electrons. The molecule has 0 saturated heterocycles. The summed E-state index contributed by atoms with van der Waals surface area (Å²) in [6.45, 7) is 0. The first-order chi connectivity index (χ1) is 18.1. The van der Waals surface area contributed by atoms with Gasteiger partial charge in [0.2, 0.25) is 10.0 Å². The third-order valence-electron chi connectivity index (χ3n) is 5.82. The summed E-state index contributed by atoms with van der Waals surface area (Å²) in [6.07, 6.45) is 9.24. The largest absolute Gasteiger partial charge is 0.480 e. The van der Waals surface area contributed by atoms with Crippen LogP contribution in [0.1, 0.15) is 12.0 Å². The summed E-state index contributed by atoms with van der Waals surface area (Å²) in [4.78, 5) is 28.1. The Hall–Kier alpha value is -3.99. The van der Waals surface area contributed by atoms with Gasteiger partial charge in [-0.1, -0.05) is 66.2 Å². The van der Waals surface area contributed by atoms with Crippen molar-refractivity contribution in [2.45, 2.75) is 23.1 Å². The van der Waals surface area contributed by atoms with Gasteiger partial charge in [-0.05, 0) is 53.5 Å². The van der Waals surface area contributed by atoms with Crippen LogP contribution in [0.4, 0.5) is 16.2 Å². The van der Waals surface area contributed by atoms with Gasteiger partial charge in [0.15, 0.2) is 4.21 Å². The summed E-state index contributed by atoms with van der Waals surface area (Å²) in [5.74, 6) is -1.31. The van der Waals surface area contributed by atoms with E-state index in [9.17, 15) is 23.1 Å². The normalized spacial score (nSPS) is 17.5. The molecule has 2 aromatic carbocycles. The van der Waals surface area contributed by atoms with Gasteiger partial charge in [0.1, 0.15) is 6.04 Å². The number of carboxylic acids is 1. The number of allylic oxidation sites excluding steroid dienone is 3. The average molecular weight is 553 g/mol. The molecule has 9 nitrogen and oxygen atoms in total. The van der Waals surface area contributed by atoms with Crippen LogP contribution >= 0.6 is 11.6 Å². The molecule has 0 saturated carbocycles. The molecule has 3 aromatic rings. The number of hydrogen-bond donors (Lipinski definition) is 4. The smallest absolute Gasteiger partial charge is 0.323 e. The fraction of sp³-hybridized carbons (Fsp3) is 0.148. The molecule has 38 heavy (non-hydrogen) atoms. The second-order valence-electron chi connectivity index (χ2n) is 8.59. The number of hydrogen-bond acceptors (Lipinski definition) is 5. The molecular weight excluding hydrogens is 528 g/mol. The number of rotatable bonds is 9. The molecule has 2 atom stereocenters. The highest BCUT2D eigenvalue weighted by atomic mass is 35.5. The Balaban J connectivity index is 1.42. The number of carboxylic acid groups (broad SMARTS) is 1. The SMILES string of the molecule is O=C(Nc1ccncc1)Nc1cccc(-c2ccc(C[C@@H](NS(=O)(=O)[C@@]3(Cl)C=CC=CC3)C(=O)O)cc2)c1. The summed E-state index contributed by atoms with van der Waals surface area (Å²) < 4.78 is 26.2. The van der Waals surface area contributed by atoms with Gasteiger partial charge in [-0.15, -0.1) is 0 Å². The summed E-state index contributed by atoms with van der Waals surface area (Å²) in [5.41, 5.74) is 3.48. The number of alkyl halides is 1. The van der Waals surface area contributed by atoms with Crippen molar-refractivity contribution in [3.63, 3.8) is 0 Å². The first-order valence-electron chi connectivity index (χ1n) is 11.6. The quantitative estimate of drug-likeness (QED) is 0.282. The Morgan fingerprint density at radius 2 is 1.68 bits per heavy atom. The molecule has 1 aliphatic carbocycles. The zero-order valence-electron chi connectivity index (χ0n) is 20.0. The maximum Gasteiger partial charge on any atom is 0.323 e. The number of benzene rings is 2. The van der Waals surface area contributed by atoms with Crippen molar-refractivity contribution in [2.75, 3.05) is 10.6 Å². The van der Waals surface area contributed by atoms with E-state index in [4.69, 9.17) is 11.6 Å². The Bertz CT molecular complexity index is 1480. The number of carbonyl (C=O) groups excluding carboxylic acids is 1. The molecule has 2 amide bonds. The first-order valence-corrected chi connectivity index (χ1v) is 13.5. The standard InChI is InChI=1S/C27H25ClN4O5S/c28-27(13-2-1-3-14-27)38(36,37)32-24(25(33)34)17-19-7-9-20(10-8-19)21-5-4-6-23(18-21)31-26(35)30-22-11-15-29-16-12-22/h1-13,15-16,18,24,32H,14,17H2,(H,33,34)(H2,29,30,31,35)/t24-,27+/m1/s1. The van der Waals surface area contributed by atoms with Crippen LogP contribution in [0.3, 0.4) is 0 Å². The predicted octanol–water partition coefficient (Wildman–Crippen LogP) is 4.76. The van der Waals surface area contributed by atoms with Gasteiger partial charge in [0.25, 0.3) is 0 Å². The fourth-order valence-corrected chi connectivity index (χ4v) is 5.44. The third kappa shape index (κ3) is 6.65. The molecule has 0 aliphatic heterocycles. The summed E-state index contributed by atoms with van der Waals surface area (Å²) in [7, 11) is -4.18. The van der Waals surface area contributed by atoms with E-state index in [2.05, 4.69) is 20.3 Å². The van der Waals surface area contributed by atoms with Crippen molar-refractivity contribution in [2.24, 2.45) is 0 Å². The minimum Gasteiger partial charge on any atom is -0.480 e. The number of aliphatic carboxylic acids is 1. The maximum atomic E-state index is 12.8. The lowest BCUT2D eigenvalue weighted by Crippen LogP contribution is -2.49. The molecule has 0 radical (unpaired) electrons. The van der Waals surface area contributed by atoms with E-state index < -0.39 is 32.3 Å². The molecule has 4 N–H and O–H groups in total. The van der Waals surface area contributed by atoms with Gasteiger partial charge in [0, 0.05) is 30.2 Å². The van der Waals surface area contributed by atoms with Gasteiger partial charge in [-0.2, -0.15) is 4.72 Å². The molecule has 0 bridgehead atoms. The van der Waals surface area contributed by atoms with E-state index >= 15 is 0 Å². The summed E-state index contributed by atoms with van der Waals surface area (Å²) >= 11 is 6.28. The molecule has 0 spiro atoms. The maximum absolute atomic E-state index is 12.8. The zero-order valence-corrected chi connectivity index (χ0v) is 21.6. The van der Waals surface area contributed by atoms with Crippen LogP contribution in [0.15, 0.2) is 97.4 Å². The first kappa shape index (κ1) is 27.1. The Morgan fingerprint density at radius 3 is 2.34 bits per heavy atom. The molecule has 0 unspecified atom stereocenters. The predicted molar refractivity (Wildman–Crippen MR) is 147 cm³/mol. The van der Waals surface area contributed by atoms with E-state index in [0.717, 1.165) is 11.1 Å². The van der Waals surface area contributed by atoms with Crippen LogP contribution in [0, 0.1) is 0 Å². The zero-order chi connectivity index (χ0) is 27.2. The van der Waals surface area contributed by atoms with E-state index in [1.807, 2.05) is 6.07 Å². The van der Waals surface area contributed by atoms with Gasteiger partial charge >= 0.3 is 12.0 Å². The highest BCUT2D eigenvalue weighted by Crippen LogP contribution is 2.31. The van der Waals surface area contributed by atoms with Gasteiger partial charge in [-0.25, -0.2) is 13.2 Å². The average Bonchev–Trinajstić information content (AvgIpc) is 2.89. The molecule has 11 heteroatoms. The van der Waals surface area contributed by atoms with Crippen LogP contribution < -0.4 is 15.4 Å². The highest BCUT2D eigenvalue weighted by molar-refractivity contribution is 7.92. The molecule has 0 fully saturated rings. The molecular formula is C27H25ClN4O5S. The number of halogens is 1. The summed E-state index contributed by atoms with van der Waals surface area (Å²) in [5, 5.41) is 15.2. The number of nitrogens with zero attached hydrogens (tertiary/aromatic N) is 1. The van der Waals surface area contributed by atoms with Crippen molar-refractivity contribution in [1.82, 2.24) is 9.71 Å². The van der Waals surface area contributed by atoms with Crippen molar-refractivity contribution < 1.29 is 23.1 Å². The number of urea groups is 1. The van der Waals surface area contributed by atoms with Gasteiger partial charge in [-0.3, -0.25) is 9.78 Å². The molecule has 1 heterocycles. The second-order valence-corrected chi connectivity index (χ2v) is 11.5. The van der Waals surface area contributed by atoms with Gasteiger partial charge < -0.3 is 15.7 Å². The van der Waals surface area contributed by atoms with E-state index in [1.54, 1.807) is 79.1 Å². The lowest BCUT2D eigenvalue weighted by atomic mass is 10.0. The van der Waals surface area contributed by atoms with E-state index in [-0.39, 0.29) is 12.8 Å². The van der Waals surface area contributed by atoms with Gasteiger partial charge in [0.05, 0.1) is 0 Å². The minimum absolute atomic E-state index is 0.0285. The van der Waals surface area contributed by atoms with Crippen LogP contribution in [0.25, 0.3) is 11.1 Å². The number of aromatic nitrogens is 1. The lowest BCUT2D eigenvalue weighted by molar-refractivity contribution is -0.138. The monoisotopic (exact) mass is 552 g/mol. The Labute approximate surface area is 225 Å². The number of anilines is 2.